The lowest BCUT2D eigenvalue weighted by Crippen LogP contribution is -2.65. The number of rotatable bonds is 2. The lowest BCUT2D eigenvalue weighted by Gasteiger charge is -2.29. The quantitative estimate of drug-likeness (QED) is 0.769. The van der Waals surface area contributed by atoms with E-state index in [-0.39, 0.29) is 22.2 Å². The highest BCUT2D eigenvalue weighted by Crippen LogP contribution is 2.46. The molecular weight excluding hydrogens is 368 g/mol. The maximum absolute atomic E-state index is 13.5. The van der Waals surface area contributed by atoms with E-state index in [2.05, 4.69) is 5.32 Å². The molecule has 0 bridgehead atoms. The molecule has 0 unspecified atom stereocenters. The summed E-state index contributed by atoms with van der Waals surface area (Å²) in [6, 6.07) is 6.80. The number of amides is 2. The molecule has 2 N–H and O–H groups in total. The van der Waals surface area contributed by atoms with Gasteiger partial charge >= 0.3 is 18.1 Å². The number of anilines is 1. The third-order valence-corrected chi connectivity index (χ3v) is 3.40. The average molecular weight is 377 g/mol. The van der Waals surface area contributed by atoms with Crippen molar-refractivity contribution in [3.63, 3.8) is 0 Å². The number of hydrogen-bond donors (Lipinski definition) is 2. The zero-order chi connectivity index (χ0) is 18.2. The second-order valence-electron chi connectivity index (χ2n) is 5.00. The number of carbonyl (C=O) groups is 1. The number of urea groups is 1. The Hall–Kier alpha value is -2.68. The van der Waals surface area contributed by atoms with Crippen molar-refractivity contribution in [2.75, 3.05) is 5.32 Å². The molecule has 1 aliphatic heterocycles. The van der Waals surface area contributed by atoms with E-state index in [0.717, 1.165) is 18.2 Å². The summed E-state index contributed by atoms with van der Waals surface area (Å²) >= 11 is 5.71. The fourth-order valence-electron chi connectivity index (χ4n) is 2.06. The molecule has 3 rings (SSSR count). The van der Waals surface area contributed by atoms with Crippen LogP contribution in [0.3, 0.4) is 0 Å². The number of hydrogen-bond acceptors (Lipinski definition) is 3. The molecule has 0 aliphatic carbocycles. The molecular formula is C15H9ClF4N2O3. The van der Waals surface area contributed by atoms with E-state index in [9.17, 15) is 22.4 Å². The van der Waals surface area contributed by atoms with Crippen molar-refractivity contribution in [2.24, 2.45) is 0 Å². The molecule has 132 valence electrons. The van der Waals surface area contributed by atoms with Gasteiger partial charge in [0.2, 0.25) is 0 Å². The van der Waals surface area contributed by atoms with Crippen LogP contribution in [0.5, 0.6) is 11.5 Å². The van der Waals surface area contributed by atoms with Crippen molar-refractivity contribution in [1.29, 1.82) is 0 Å². The molecule has 10 heteroatoms. The molecule has 0 saturated carbocycles. The van der Waals surface area contributed by atoms with E-state index in [1.165, 1.54) is 24.3 Å². The maximum atomic E-state index is 13.5. The predicted octanol–water partition coefficient (Wildman–Crippen LogP) is 4.29. The molecule has 2 aromatic carbocycles. The highest BCUT2D eigenvalue weighted by Gasteiger charge is 2.65. The van der Waals surface area contributed by atoms with Crippen LogP contribution in [0, 0.1) is 5.82 Å². The summed E-state index contributed by atoms with van der Waals surface area (Å²) in [7, 11) is 0. The molecule has 2 amide bonds. The summed E-state index contributed by atoms with van der Waals surface area (Å²) in [6.45, 7) is 0. The van der Waals surface area contributed by atoms with Gasteiger partial charge in [-0.25, -0.2) is 9.18 Å². The van der Waals surface area contributed by atoms with Gasteiger partial charge < -0.3 is 14.8 Å². The lowest BCUT2D eigenvalue weighted by molar-refractivity contribution is -0.317. The summed E-state index contributed by atoms with van der Waals surface area (Å²) in [4.78, 5) is 11.9. The molecule has 0 radical (unpaired) electrons. The monoisotopic (exact) mass is 376 g/mol. The van der Waals surface area contributed by atoms with E-state index in [4.69, 9.17) is 21.1 Å². The molecule has 0 aromatic heterocycles. The first kappa shape index (κ1) is 17.2. The molecule has 0 spiro atoms. The van der Waals surface area contributed by atoms with Gasteiger partial charge in [0.15, 0.2) is 11.5 Å². The van der Waals surface area contributed by atoms with Crippen molar-refractivity contribution >= 4 is 23.3 Å². The van der Waals surface area contributed by atoms with E-state index < -0.39 is 23.9 Å². The molecule has 0 fully saturated rings. The fourth-order valence-corrected chi connectivity index (χ4v) is 2.22. The third-order valence-electron chi connectivity index (χ3n) is 3.17. The largest absolute Gasteiger partial charge is 0.492 e. The van der Waals surface area contributed by atoms with Gasteiger partial charge in [0.05, 0.1) is 0 Å². The van der Waals surface area contributed by atoms with Crippen LogP contribution in [0.4, 0.5) is 28.0 Å². The van der Waals surface area contributed by atoms with Gasteiger partial charge in [-0.1, -0.05) is 11.6 Å². The van der Waals surface area contributed by atoms with Gasteiger partial charge in [0.1, 0.15) is 5.82 Å². The standard InChI is InChI=1S/C15H9ClF4N2O3/c16-8-1-6-11-12(7-8)25-15(24-11,14(18,19)20)22-13(23)21-10-4-2-9(17)3-5-10/h1-7H,(H2,21,22,23)/t15-/m0/s1. The van der Waals surface area contributed by atoms with E-state index in [1.54, 1.807) is 5.32 Å². The normalized spacial score (nSPS) is 18.8. The van der Waals surface area contributed by atoms with Crippen LogP contribution >= 0.6 is 11.6 Å². The Morgan fingerprint density at radius 1 is 1.04 bits per heavy atom. The Bertz CT molecular complexity index is 813. The second-order valence-corrected chi connectivity index (χ2v) is 5.43. The summed E-state index contributed by atoms with van der Waals surface area (Å²) < 4.78 is 62.8. The zero-order valence-electron chi connectivity index (χ0n) is 12.2. The minimum atomic E-state index is -5.10. The van der Waals surface area contributed by atoms with Crippen LogP contribution in [-0.4, -0.2) is 18.1 Å². The molecule has 1 heterocycles. The summed E-state index contributed by atoms with van der Waals surface area (Å²) in [5, 5.41) is 3.87. The number of carbonyl (C=O) groups excluding carboxylic acids is 1. The predicted molar refractivity (Wildman–Crippen MR) is 80.0 cm³/mol. The van der Waals surface area contributed by atoms with Gasteiger partial charge in [-0.05, 0) is 36.4 Å². The van der Waals surface area contributed by atoms with Crippen LogP contribution in [-0.2, 0) is 0 Å². The first-order valence-corrected chi connectivity index (χ1v) is 7.15. The summed E-state index contributed by atoms with van der Waals surface area (Å²) in [6.07, 6.45) is -5.10. The molecule has 1 aliphatic rings. The maximum Gasteiger partial charge on any atom is 0.492 e. The first-order valence-electron chi connectivity index (χ1n) is 6.77. The van der Waals surface area contributed by atoms with Crippen molar-refractivity contribution in [3.8, 4) is 11.5 Å². The Labute approximate surface area is 143 Å². The Morgan fingerprint density at radius 3 is 2.32 bits per heavy atom. The number of benzene rings is 2. The molecule has 1 atom stereocenters. The van der Waals surface area contributed by atoms with E-state index in [0.29, 0.717) is 0 Å². The fraction of sp³-hybridized carbons (Fsp3) is 0.133. The molecule has 5 nitrogen and oxygen atoms in total. The van der Waals surface area contributed by atoms with Gasteiger partial charge in [0, 0.05) is 16.8 Å². The smallest absolute Gasteiger partial charge is 0.424 e. The lowest BCUT2D eigenvalue weighted by atomic mass is 10.3. The van der Waals surface area contributed by atoms with Crippen LogP contribution in [0.15, 0.2) is 42.5 Å². The van der Waals surface area contributed by atoms with Crippen molar-refractivity contribution in [3.05, 3.63) is 53.3 Å². The number of alkyl halides is 3. The number of nitrogens with one attached hydrogen (secondary N) is 2. The zero-order valence-corrected chi connectivity index (χ0v) is 12.9. The second kappa shape index (κ2) is 5.99. The highest BCUT2D eigenvalue weighted by molar-refractivity contribution is 6.30. The first-order chi connectivity index (χ1) is 11.7. The van der Waals surface area contributed by atoms with Crippen molar-refractivity contribution < 1.29 is 31.8 Å². The topological polar surface area (TPSA) is 59.6 Å². The minimum Gasteiger partial charge on any atom is -0.424 e. The Morgan fingerprint density at radius 2 is 1.68 bits per heavy atom. The average Bonchev–Trinajstić information content (AvgIpc) is 2.87. The van der Waals surface area contributed by atoms with Crippen LogP contribution in [0.25, 0.3) is 0 Å². The van der Waals surface area contributed by atoms with Gasteiger partial charge in [0.25, 0.3) is 0 Å². The molecule has 2 aromatic rings. The van der Waals surface area contributed by atoms with Gasteiger partial charge in [-0.3, -0.25) is 5.32 Å². The van der Waals surface area contributed by atoms with E-state index >= 15 is 0 Å². The van der Waals surface area contributed by atoms with Gasteiger partial charge in [-0.15, -0.1) is 0 Å². The highest BCUT2D eigenvalue weighted by atomic mass is 35.5. The van der Waals surface area contributed by atoms with Gasteiger partial charge in [-0.2, -0.15) is 13.2 Å². The van der Waals surface area contributed by atoms with Crippen LogP contribution in [0.1, 0.15) is 0 Å². The van der Waals surface area contributed by atoms with E-state index in [1.807, 2.05) is 0 Å². The third kappa shape index (κ3) is 3.41. The number of fused-ring (bicyclic) bond motifs is 1. The number of halogens is 5. The van der Waals surface area contributed by atoms with Crippen LogP contribution in [0.2, 0.25) is 5.02 Å². The SMILES string of the molecule is O=C(Nc1ccc(F)cc1)N[C@@]1(C(F)(F)F)Oc2ccc(Cl)cc2O1. The number of ether oxygens (including phenoxy) is 2. The summed E-state index contributed by atoms with van der Waals surface area (Å²) in [5.41, 5.74) is 0.0785. The minimum absolute atomic E-state index is 0.0785. The molecule has 0 saturated heterocycles. The Balaban J connectivity index is 1.81. The van der Waals surface area contributed by atoms with Crippen molar-refractivity contribution in [1.82, 2.24) is 5.32 Å². The summed E-state index contributed by atoms with van der Waals surface area (Å²) in [5.74, 6) is -4.48. The Kier molecular flexibility index (Phi) is 4.11. The molecule has 25 heavy (non-hydrogen) atoms. The van der Waals surface area contributed by atoms with Crippen molar-refractivity contribution in [2.45, 2.75) is 12.1 Å². The van der Waals surface area contributed by atoms with Crippen LogP contribution < -0.4 is 20.1 Å².